The van der Waals surface area contributed by atoms with Gasteiger partial charge >= 0.3 is 11.9 Å². The molecule has 4 heteroatoms. The van der Waals surface area contributed by atoms with Crippen molar-refractivity contribution in [3.63, 3.8) is 0 Å². The lowest BCUT2D eigenvalue weighted by Crippen LogP contribution is -2.12. The summed E-state index contributed by atoms with van der Waals surface area (Å²) in [5.41, 5.74) is 0. The van der Waals surface area contributed by atoms with Crippen LogP contribution in [0, 0.1) is 0 Å². The van der Waals surface area contributed by atoms with Crippen molar-refractivity contribution < 1.29 is 19.1 Å². The van der Waals surface area contributed by atoms with Crippen LogP contribution in [0.1, 0.15) is 72.6 Å². The van der Waals surface area contributed by atoms with E-state index in [1.54, 1.807) is 0 Å². The Balaban J connectivity index is 3.31. The van der Waals surface area contributed by atoms with Crippen LogP contribution in [-0.2, 0) is 19.1 Å². The zero-order valence-corrected chi connectivity index (χ0v) is 12.7. The maximum atomic E-state index is 10.7. The molecule has 0 aromatic heterocycles. The Hall–Kier alpha value is -1.06. The van der Waals surface area contributed by atoms with Crippen LogP contribution < -0.4 is 0 Å². The van der Waals surface area contributed by atoms with E-state index in [0.717, 1.165) is 38.5 Å². The summed E-state index contributed by atoms with van der Waals surface area (Å²) >= 11 is 0. The Morgan fingerprint density at radius 3 is 1.37 bits per heavy atom. The number of esters is 2. The van der Waals surface area contributed by atoms with Crippen molar-refractivity contribution >= 4 is 11.9 Å². The molecule has 112 valence electrons. The number of rotatable bonds is 10. The van der Waals surface area contributed by atoms with Crippen molar-refractivity contribution in [2.45, 2.75) is 84.8 Å². The van der Waals surface area contributed by atoms with Gasteiger partial charge in [0.05, 0.1) is 12.2 Å². The second-order valence-electron chi connectivity index (χ2n) is 5.19. The van der Waals surface area contributed by atoms with Crippen LogP contribution >= 0.6 is 0 Å². The summed E-state index contributed by atoms with van der Waals surface area (Å²) in [4.78, 5) is 21.4. The van der Waals surface area contributed by atoms with Gasteiger partial charge in [-0.1, -0.05) is 19.3 Å². The lowest BCUT2D eigenvalue weighted by atomic mass is 10.1. The summed E-state index contributed by atoms with van der Waals surface area (Å²) in [7, 11) is 0. The number of carbonyl (C=O) groups excluding carboxylic acids is 2. The molecule has 4 nitrogen and oxygen atoms in total. The van der Waals surface area contributed by atoms with Crippen molar-refractivity contribution in [2.75, 3.05) is 0 Å². The first-order chi connectivity index (χ1) is 8.91. The highest BCUT2D eigenvalue weighted by Gasteiger charge is 2.06. The Kier molecular flexibility index (Phi) is 10.2. The molecule has 0 aliphatic heterocycles. The number of hydrogen-bond donors (Lipinski definition) is 0. The number of ether oxygens (including phenoxy) is 2. The summed E-state index contributed by atoms with van der Waals surface area (Å²) in [6, 6.07) is 0. The van der Waals surface area contributed by atoms with E-state index in [2.05, 4.69) is 0 Å². The van der Waals surface area contributed by atoms with E-state index < -0.39 is 0 Å². The summed E-state index contributed by atoms with van der Waals surface area (Å²) in [5, 5.41) is 0. The second kappa shape index (κ2) is 10.8. The molecule has 0 amide bonds. The lowest BCUT2D eigenvalue weighted by Gasteiger charge is -2.12. The molecule has 0 heterocycles. The van der Waals surface area contributed by atoms with E-state index in [1.165, 1.54) is 20.3 Å². The van der Waals surface area contributed by atoms with Crippen LogP contribution in [0.3, 0.4) is 0 Å². The van der Waals surface area contributed by atoms with Crippen molar-refractivity contribution in [1.29, 1.82) is 0 Å². The zero-order valence-electron chi connectivity index (χ0n) is 12.7. The van der Waals surface area contributed by atoms with Crippen LogP contribution in [-0.4, -0.2) is 24.1 Å². The number of carbonyl (C=O) groups is 2. The van der Waals surface area contributed by atoms with E-state index in [4.69, 9.17) is 9.47 Å². The molecule has 0 aliphatic rings. The van der Waals surface area contributed by atoms with Crippen molar-refractivity contribution in [1.82, 2.24) is 0 Å². The molecule has 0 saturated heterocycles. The smallest absolute Gasteiger partial charge is 0.302 e. The monoisotopic (exact) mass is 272 g/mol. The molecule has 0 aromatic rings. The molecule has 0 bridgehead atoms. The highest BCUT2D eigenvalue weighted by molar-refractivity contribution is 5.66. The summed E-state index contributed by atoms with van der Waals surface area (Å²) in [6.07, 6.45) is 7.61. The van der Waals surface area contributed by atoms with Crippen LogP contribution in [0.15, 0.2) is 0 Å². The molecule has 0 aromatic carbocycles. The average molecular weight is 272 g/mol. The molecule has 0 saturated carbocycles. The molecular weight excluding hydrogens is 244 g/mol. The van der Waals surface area contributed by atoms with Gasteiger partial charge in [-0.25, -0.2) is 0 Å². The van der Waals surface area contributed by atoms with Gasteiger partial charge in [-0.3, -0.25) is 9.59 Å². The third-order valence-corrected chi connectivity index (χ3v) is 2.96. The van der Waals surface area contributed by atoms with Gasteiger partial charge in [0.15, 0.2) is 0 Å². The normalized spacial score (nSPS) is 13.7. The van der Waals surface area contributed by atoms with Crippen molar-refractivity contribution in [3.05, 3.63) is 0 Å². The predicted octanol–water partition coefficient (Wildman–Crippen LogP) is 3.62. The minimum Gasteiger partial charge on any atom is -0.463 e. The van der Waals surface area contributed by atoms with Gasteiger partial charge in [-0.05, 0) is 39.5 Å². The molecular formula is C15H28O4. The average Bonchev–Trinajstić information content (AvgIpc) is 2.25. The third kappa shape index (κ3) is 13.2. The van der Waals surface area contributed by atoms with Gasteiger partial charge in [0.1, 0.15) is 0 Å². The Bertz CT molecular complexity index is 237. The molecule has 19 heavy (non-hydrogen) atoms. The van der Waals surface area contributed by atoms with E-state index in [-0.39, 0.29) is 24.1 Å². The Labute approximate surface area is 116 Å². The minimum atomic E-state index is -0.202. The quantitative estimate of drug-likeness (QED) is 0.450. The van der Waals surface area contributed by atoms with E-state index in [0.29, 0.717) is 0 Å². The first-order valence-electron chi connectivity index (χ1n) is 7.26. The van der Waals surface area contributed by atoms with E-state index in [9.17, 15) is 9.59 Å². The van der Waals surface area contributed by atoms with Gasteiger partial charge in [0.2, 0.25) is 0 Å². The van der Waals surface area contributed by atoms with E-state index in [1.807, 2.05) is 13.8 Å². The first kappa shape index (κ1) is 17.9. The lowest BCUT2D eigenvalue weighted by molar-refractivity contribution is -0.146. The molecule has 0 N–H and O–H groups in total. The maximum absolute atomic E-state index is 10.7. The fourth-order valence-corrected chi connectivity index (χ4v) is 2.08. The SMILES string of the molecule is CC(=O)O[C@@H](C)CCCCCCC[C@H](C)OC(C)=O. The van der Waals surface area contributed by atoms with Gasteiger partial charge in [0, 0.05) is 13.8 Å². The topological polar surface area (TPSA) is 52.6 Å². The highest BCUT2D eigenvalue weighted by atomic mass is 16.5. The van der Waals surface area contributed by atoms with Crippen LogP contribution in [0.2, 0.25) is 0 Å². The van der Waals surface area contributed by atoms with Gasteiger partial charge in [-0.15, -0.1) is 0 Å². The molecule has 0 unspecified atom stereocenters. The van der Waals surface area contributed by atoms with Crippen molar-refractivity contribution in [3.8, 4) is 0 Å². The minimum absolute atomic E-state index is 0.0292. The predicted molar refractivity (Wildman–Crippen MR) is 74.8 cm³/mol. The van der Waals surface area contributed by atoms with E-state index >= 15 is 0 Å². The van der Waals surface area contributed by atoms with Crippen LogP contribution in [0.5, 0.6) is 0 Å². The third-order valence-electron chi connectivity index (χ3n) is 2.96. The highest BCUT2D eigenvalue weighted by Crippen LogP contribution is 2.12. The maximum Gasteiger partial charge on any atom is 0.302 e. The molecule has 0 spiro atoms. The fraction of sp³-hybridized carbons (Fsp3) is 0.867. The summed E-state index contributed by atoms with van der Waals surface area (Å²) in [6.45, 7) is 6.76. The molecule has 0 aliphatic carbocycles. The molecule has 0 rings (SSSR count). The Morgan fingerprint density at radius 1 is 0.737 bits per heavy atom. The van der Waals surface area contributed by atoms with Crippen LogP contribution in [0.4, 0.5) is 0 Å². The van der Waals surface area contributed by atoms with Crippen molar-refractivity contribution in [2.24, 2.45) is 0 Å². The number of unbranched alkanes of at least 4 members (excludes halogenated alkanes) is 4. The van der Waals surface area contributed by atoms with Gasteiger partial charge in [-0.2, -0.15) is 0 Å². The van der Waals surface area contributed by atoms with Gasteiger partial charge < -0.3 is 9.47 Å². The molecule has 2 atom stereocenters. The summed E-state index contributed by atoms with van der Waals surface area (Å²) in [5.74, 6) is -0.404. The number of hydrogen-bond acceptors (Lipinski definition) is 4. The fourth-order valence-electron chi connectivity index (χ4n) is 2.08. The Morgan fingerprint density at radius 2 is 1.05 bits per heavy atom. The largest absolute Gasteiger partial charge is 0.463 e. The van der Waals surface area contributed by atoms with Crippen LogP contribution in [0.25, 0.3) is 0 Å². The summed E-state index contributed by atoms with van der Waals surface area (Å²) < 4.78 is 10.1. The zero-order chi connectivity index (χ0) is 14.7. The van der Waals surface area contributed by atoms with Gasteiger partial charge in [0.25, 0.3) is 0 Å². The molecule has 0 fully saturated rings. The standard InChI is InChI=1S/C15H28O4/c1-12(18-14(3)16)10-8-6-5-7-9-11-13(2)19-15(4)17/h12-13H,5-11H2,1-4H3/t12-,13-/m0/s1. The molecule has 0 radical (unpaired) electrons. The first-order valence-corrected chi connectivity index (χ1v) is 7.26. The second-order valence-corrected chi connectivity index (χ2v) is 5.19.